The van der Waals surface area contributed by atoms with Gasteiger partial charge >= 0.3 is 0 Å². The smallest absolute Gasteiger partial charge is 0.132 e. The normalized spacial score (nSPS) is 17.7. The summed E-state index contributed by atoms with van der Waals surface area (Å²) >= 11 is 0. The van der Waals surface area contributed by atoms with Crippen LogP contribution in [0, 0.1) is 0 Å². The summed E-state index contributed by atoms with van der Waals surface area (Å²) in [6, 6.07) is 0. The zero-order chi connectivity index (χ0) is 11.7. The fourth-order valence-electron chi connectivity index (χ4n) is 1.92. The van der Waals surface area contributed by atoms with Crippen LogP contribution < -0.4 is 0 Å². The Kier molecular flexibility index (Phi) is 4.10. The lowest BCUT2D eigenvalue weighted by Gasteiger charge is -2.43. The molecular formula is C11H24O2Si. The molecule has 2 nitrogen and oxygen atoms in total. The molecule has 0 saturated carbocycles. The second-order valence-electron chi connectivity index (χ2n) is 5.80. The molecule has 0 heterocycles. The first kappa shape index (κ1) is 13.8. The van der Waals surface area contributed by atoms with Crippen LogP contribution in [0.25, 0.3) is 0 Å². The molecule has 2 atom stereocenters. The van der Waals surface area contributed by atoms with Crippen LogP contribution in [0.4, 0.5) is 0 Å². The molecule has 0 aromatic heterocycles. The molecule has 0 aromatic carbocycles. The second kappa shape index (κ2) is 4.15. The SMILES string of the molecule is CC(=O)[C@H]([C@@H](C)O)[Si](C)(C)C(C)(C)C. The molecule has 0 bridgehead atoms. The highest BCUT2D eigenvalue weighted by molar-refractivity contribution is 6.84. The average molecular weight is 216 g/mol. The number of aliphatic hydroxyl groups is 1. The molecular weight excluding hydrogens is 192 g/mol. The standard InChI is InChI=1S/C11H24O2Si/c1-8(12)10(9(2)13)14(6,7)11(3,4)5/h8,10,12H,1-7H3/t8-,10+/m1/s1. The number of carbonyl (C=O) groups excluding carboxylic acids is 1. The lowest BCUT2D eigenvalue weighted by Crippen LogP contribution is -2.48. The molecule has 1 N–H and O–H groups in total. The Balaban J connectivity index is 5.11. The molecule has 0 aliphatic heterocycles. The largest absolute Gasteiger partial charge is 0.393 e. The molecule has 0 unspecified atom stereocenters. The molecule has 0 saturated heterocycles. The van der Waals surface area contributed by atoms with Gasteiger partial charge in [-0.25, -0.2) is 0 Å². The van der Waals surface area contributed by atoms with Crippen molar-refractivity contribution in [3.63, 3.8) is 0 Å². The number of hydrogen-bond acceptors (Lipinski definition) is 2. The van der Waals surface area contributed by atoms with Gasteiger partial charge < -0.3 is 5.11 Å². The van der Waals surface area contributed by atoms with Crippen molar-refractivity contribution >= 4 is 13.9 Å². The van der Waals surface area contributed by atoms with Crippen LogP contribution in [-0.2, 0) is 4.79 Å². The van der Waals surface area contributed by atoms with Crippen LogP contribution in [0.15, 0.2) is 0 Å². The first-order valence-electron chi connectivity index (χ1n) is 5.20. The molecule has 0 radical (unpaired) electrons. The van der Waals surface area contributed by atoms with Crippen molar-refractivity contribution in [3.8, 4) is 0 Å². The molecule has 0 aromatic rings. The van der Waals surface area contributed by atoms with Crippen LogP contribution in [0.2, 0.25) is 23.7 Å². The highest BCUT2D eigenvalue weighted by atomic mass is 28.3. The van der Waals surface area contributed by atoms with E-state index in [2.05, 4.69) is 33.9 Å². The second-order valence-corrected chi connectivity index (χ2v) is 11.4. The van der Waals surface area contributed by atoms with E-state index in [4.69, 9.17) is 0 Å². The average Bonchev–Trinajstić information content (AvgIpc) is 1.79. The third-order valence-electron chi connectivity index (χ3n) is 3.63. The zero-order valence-electron chi connectivity index (χ0n) is 10.5. The third kappa shape index (κ3) is 2.67. The van der Waals surface area contributed by atoms with Gasteiger partial charge in [-0.1, -0.05) is 33.9 Å². The van der Waals surface area contributed by atoms with Crippen molar-refractivity contribution in [1.82, 2.24) is 0 Å². The highest BCUT2D eigenvalue weighted by Gasteiger charge is 2.46. The Morgan fingerprint density at radius 1 is 1.29 bits per heavy atom. The van der Waals surface area contributed by atoms with Crippen molar-refractivity contribution < 1.29 is 9.90 Å². The molecule has 3 heteroatoms. The molecule has 0 spiro atoms. The van der Waals surface area contributed by atoms with E-state index in [9.17, 15) is 9.90 Å². The molecule has 84 valence electrons. The molecule has 0 rings (SSSR count). The summed E-state index contributed by atoms with van der Waals surface area (Å²) in [6.45, 7) is 14.2. The molecule has 0 aliphatic rings. The number of aliphatic hydroxyl groups excluding tert-OH is 1. The maximum absolute atomic E-state index is 11.6. The van der Waals surface area contributed by atoms with Crippen molar-refractivity contribution in [2.75, 3.05) is 0 Å². The van der Waals surface area contributed by atoms with Crippen LogP contribution in [0.5, 0.6) is 0 Å². The Hall–Kier alpha value is -0.153. The highest BCUT2D eigenvalue weighted by Crippen LogP contribution is 2.45. The third-order valence-corrected chi connectivity index (χ3v) is 9.94. The van der Waals surface area contributed by atoms with Crippen LogP contribution in [0.3, 0.4) is 0 Å². The minimum Gasteiger partial charge on any atom is -0.393 e. The molecule has 0 amide bonds. The van der Waals surface area contributed by atoms with Crippen LogP contribution in [0.1, 0.15) is 34.6 Å². The number of ketones is 1. The summed E-state index contributed by atoms with van der Waals surface area (Å²) < 4.78 is 0. The maximum atomic E-state index is 11.6. The Bertz CT molecular complexity index is 214. The predicted molar refractivity (Wildman–Crippen MR) is 63.3 cm³/mol. The molecule has 0 fully saturated rings. The van der Waals surface area contributed by atoms with Gasteiger partial charge in [0.15, 0.2) is 0 Å². The molecule has 0 aliphatic carbocycles. The topological polar surface area (TPSA) is 37.3 Å². The van der Waals surface area contributed by atoms with E-state index in [1.165, 1.54) is 0 Å². The summed E-state index contributed by atoms with van der Waals surface area (Å²) in [5.74, 6) is 0.131. The summed E-state index contributed by atoms with van der Waals surface area (Å²) in [4.78, 5) is 11.6. The van der Waals surface area contributed by atoms with Gasteiger partial charge in [-0.15, -0.1) is 0 Å². The number of Topliss-reactive ketones (excluding diaryl/α,β-unsaturated/α-hetero) is 1. The van der Waals surface area contributed by atoms with Crippen molar-refractivity contribution in [2.45, 2.75) is 64.4 Å². The van der Waals surface area contributed by atoms with Gasteiger partial charge in [0.2, 0.25) is 0 Å². The summed E-state index contributed by atoms with van der Waals surface area (Å²) in [7, 11) is -1.76. The van der Waals surface area contributed by atoms with Gasteiger partial charge in [0.1, 0.15) is 5.78 Å². The van der Waals surface area contributed by atoms with Crippen molar-refractivity contribution in [3.05, 3.63) is 0 Å². The summed E-state index contributed by atoms with van der Waals surface area (Å²) in [6.07, 6.45) is -0.520. The van der Waals surface area contributed by atoms with Gasteiger partial charge in [0.25, 0.3) is 0 Å². The zero-order valence-corrected chi connectivity index (χ0v) is 11.5. The fourth-order valence-corrected chi connectivity index (χ4v) is 5.07. The van der Waals surface area contributed by atoms with E-state index in [0.29, 0.717) is 0 Å². The van der Waals surface area contributed by atoms with E-state index < -0.39 is 14.2 Å². The van der Waals surface area contributed by atoms with Gasteiger partial charge in [-0.05, 0) is 18.9 Å². The summed E-state index contributed by atoms with van der Waals surface area (Å²) in [5.41, 5.74) is -0.150. The van der Waals surface area contributed by atoms with E-state index in [-0.39, 0.29) is 16.4 Å². The first-order valence-corrected chi connectivity index (χ1v) is 8.28. The van der Waals surface area contributed by atoms with E-state index in [1.54, 1.807) is 13.8 Å². The Morgan fingerprint density at radius 2 is 1.64 bits per heavy atom. The fraction of sp³-hybridized carbons (Fsp3) is 0.909. The van der Waals surface area contributed by atoms with E-state index in [0.717, 1.165) is 0 Å². The first-order chi connectivity index (χ1) is 6.01. The van der Waals surface area contributed by atoms with Crippen molar-refractivity contribution in [2.24, 2.45) is 0 Å². The van der Waals surface area contributed by atoms with Crippen LogP contribution in [-0.4, -0.2) is 25.1 Å². The number of carbonyl (C=O) groups is 1. The summed E-state index contributed by atoms with van der Waals surface area (Å²) in [5, 5.41) is 9.83. The number of hydrogen-bond donors (Lipinski definition) is 1. The van der Waals surface area contributed by atoms with Gasteiger partial charge in [0.05, 0.1) is 14.2 Å². The van der Waals surface area contributed by atoms with Gasteiger partial charge in [-0.3, -0.25) is 4.79 Å². The Labute approximate surface area is 88.7 Å². The van der Waals surface area contributed by atoms with Gasteiger partial charge in [-0.2, -0.15) is 0 Å². The van der Waals surface area contributed by atoms with Crippen molar-refractivity contribution in [1.29, 1.82) is 0 Å². The lowest BCUT2D eigenvalue weighted by atomic mass is 10.2. The van der Waals surface area contributed by atoms with E-state index >= 15 is 0 Å². The monoisotopic (exact) mass is 216 g/mol. The van der Waals surface area contributed by atoms with Crippen LogP contribution >= 0.6 is 0 Å². The minimum absolute atomic E-state index is 0.131. The quantitative estimate of drug-likeness (QED) is 0.737. The van der Waals surface area contributed by atoms with Gasteiger partial charge in [0, 0.05) is 5.54 Å². The van der Waals surface area contributed by atoms with E-state index in [1.807, 2.05) is 0 Å². The molecule has 14 heavy (non-hydrogen) atoms. The Morgan fingerprint density at radius 3 is 1.71 bits per heavy atom. The predicted octanol–water partition coefficient (Wildman–Crippen LogP) is 2.83. The minimum atomic E-state index is -1.76. The maximum Gasteiger partial charge on any atom is 0.132 e. The number of rotatable bonds is 3. The lowest BCUT2D eigenvalue weighted by molar-refractivity contribution is -0.118.